The molecule has 0 saturated carbocycles. The predicted molar refractivity (Wildman–Crippen MR) is 309 cm³/mol. The highest BCUT2D eigenvalue weighted by atomic mass is 16.7. The van der Waals surface area contributed by atoms with E-state index in [2.05, 4.69) is 55.4 Å². The number of nitrogens with two attached hydrogens (primary N) is 2. The number of aliphatic hydroxyl groups excluding tert-OH is 9. The number of carbonyl (C=O) groups is 10. The first-order chi connectivity index (χ1) is 42.3. The van der Waals surface area contributed by atoms with Crippen molar-refractivity contribution in [2.75, 3.05) is 39.5 Å². The number of aromatic hydroxyl groups is 1. The fourth-order valence-corrected chi connectivity index (χ4v) is 9.43. The van der Waals surface area contributed by atoms with Crippen molar-refractivity contribution < 1.29 is 108 Å². The normalized spacial score (nSPS) is 26.7. The zero-order chi connectivity index (χ0) is 66.3. The van der Waals surface area contributed by atoms with Crippen LogP contribution in [0.2, 0.25) is 0 Å². The van der Waals surface area contributed by atoms with Crippen LogP contribution in [0, 0.1) is 12.3 Å². The van der Waals surface area contributed by atoms with E-state index in [1.54, 1.807) is 0 Å². The second-order valence-electron chi connectivity index (χ2n) is 21.6. The van der Waals surface area contributed by atoms with Gasteiger partial charge in [-0.3, -0.25) is 47.9 Å². The third-order valence-electron chi connectivity index (χ3n) is 14.5. The average molecular weight is 1270 g/mol. The van der Waals surface area contributed by atoms with Crippen LogP contribution in [0.25, 0.3) is 0 Å². The van der Waals surface area contributed by atoms with Gasteiger partial charge in [-0.15, -0.1) is 12.3 Å². The summed E-state index contributed by atoms with van der Waals surface area (Å²) in [4.78, 5) is 137. The molecule has 89 heavy (non-hydrogen) atoms. The van der Waals surface area contributed by atoms with Gasteiger partial charge >= 0.3 is 0 Å². The Balaban J connectivity index is 2.18. The Morgan fingerprint density at radius 2 is 1.28 bits per heavy atom. The van der Waals surface area contributed by atoms with E-state index in [1.165, 1.54) is 0 Å². The number of amides is 10. The van der Waals surface area contributed by atoms with Crippen molar-refractivity contribution in [3.63, 3.8) is 0 Å². The van der Waals surface area contributed by atoms with Gasteiger partial charge in [0.15, 0.2) is 12.4 Å². The molecule has 0 radical (unpaired) electrons. The summed E-state index contributed by atoms with van der Waals surface area (Å²) in [6.45, 7) is -2.39. The molecule has 0 spiro atoms. The third-order valence-corrected chi connectivity index (χ3v) is 14.5. The van der Waals surface area contributed by atoms with Gasteiger partial charge in [0.1, 0.15) is 72.5 Å². The number of benzene rings is 1. The van der Waals surface area contributed by atoms with Crippen molar-refractivity contribution in [1.29, 1.82) is 0 Å². The third kappa shape index (κ3) is 25.7. The molecule has 33 heteroatoms. The summed E-state index contributed by atoms with van der Waals surface area (Å²) in [7, 11) is 0. The lowest BCUT2D eigenvalue weighted by atomic mass is 9.94. The van der Waals surface area contributed by atoms with Crippen LogP contribution in [0.4, 0.5) is 0 Å². The van der Waals surface area contributed by atoms with Crippen LogP contribution < -0.4 is 59.3 Å². The van der Waals surface area contributed by atoms with Crippen LogP contribution in [-0.4, -0.2) is 241 Å². The molecule has 2 aliphatic rings. The molecule has 3 rings (SSSR count). The number of carbonyl (C=O) groups excluding carboxylic acids is 10. The highest BCUT2D eigenvalue weighted by molar-refractivity contribution is 5.99. The van der Waals surface area contributed by atoms with Crippen molar-refractivity contribution in [2.24, 2.45) is 11.5 Å². The number of unbranched alkanes of at least 4 members (excludes halogenated alkanes) is 8. The standard InChI is InChI=1S/C56H89N11O22/c1-3-5-7-8-9-10-11-12-13-14-38(89-56-48(80)46(78)37(72)28-88-56)45(77)36(71)22-30-23-40(74)63-34(26-68)52(84)66-42(44(76)29-15-17-31(70)18-16-29)55(87)64-32(19-20-57)50(82)60-25-41(75)62-33(24-39(73)59-21-6-4-2)51(83)65-35(27-69)53(85)67-43(54(86)61-30)47(79)49(58)81/h2,15-18,30,32-38,42-48,56,68-72,76-80H,3,5-14,19-28,57H2,1H3,(H2,58,81)(H,59,73)(H,60,82)(H,61,86)(H,62,75)(H,63,74)(H,64,87)(H,65,83)(H,66,84)(H,67,85)/t30-,32-,33+,34+,35-,36-,37-,38-,42-,43+,44-,45-,46+,47+,48-,56-/m1/s1. The van der Waals surface area contributed by atoms with Gasteiger partial charge in [-0.25, -0.2) is 0 Å². The minimum absolute atomic E-state index is 0.0268. The molecule has 23 N–H and O–H groups in total. The quantitative estimate of drug-likeness (QED) is 0.0274. The molecule has 0 bridgehead atoms. The molecule has 2 fully saturated rings. The molecular weight excluding hydrogens is 1180 g/mol. The Bertz CT molecular complexity index is 2510. The van der Waals surface area contributed by atoms with E-state index < -0.39 is 202 Å². The van der Waals surface area contributed by atoms with E-state index in [4.69, 9.17) is 27.4 Å². The molecule has 2 aliphatic heterocycles. The minimum Gasteiger partial charge on any atom is -0.508 e. The SMILES string of the molecule is C#CCCNC(=O)C[C@@H]1NC(=O)CNC(=O)[C@@H](CCN)NC(=O)[C@@H]([C@H](O)c2ccc(O)cc2)NC(=O)[C@H](CO)NC(=O)C[C@@H](C[C@@H](O)[C@@H](O)[C@@H](CCCCCCCCCCC)O[C@H]2OC[C@@H](O)[C@H](O)[C@H]2O)NC(=O)[C@H]([C@H](O)C(N)=O)NC(=O)[C@@H](CO)NC1=O. The number of primary amides is 1. The van der Waals surface area contributed by atoms with Gasteiger partial charge in [0.25, 0.3) is 0 Å². The first kappa shape index (κ1) is 76.0. The van der Waals surface area contributed by atoms with Gasteiger partial charge in [-0.05, 0) is 43.5 Å². The summed E-state index contributed by atoms with van der Waals surface area (Å²) in [6.07, 6.45) is -7.29. The van der Waals surface area contributed by atoms with Gasteiger partial charge in [-0.2, -0.15) is 0 Å². The second kappa shape index (κ2) is 39.7. The summed E-state index contributed by atoms with van der Waals surface area (Å²) in [6, 6.07) is -9.70. The lowest BCUT2D eigenvalue weighted by Gasteiger charge is -2.38. The number of terminal acetylenes is 1. The van der Waals surface area contributed by atoms with Gasteiger partial charge in [0.05, 0.1) is 45.0 Å². The Labute approximate surface area is 513 Å². The van der Waals surface area contributed by atoms with Gasteiger partial charge < -0.3 is 120 Å². The summed E-state index contributed by atoms with van der Waals surface area (Å²) in [5, 5.41) is 128. The molecule has 33 nitrogen and oxygen atoms in total. The van der Waals surface area contributed by atoms with E-state index in [-0.39, 0.29) is 43.7 Å². The molecule has 0 unspecified atom stereocenters. The Kier molecular flexibility index (Phi) is 33.9. The fraction of sp³-hybridized carbons (Fsp3) is 0.679. The average Bonchev–Trinajstić information content (AvgIpc) is 1.80. The maximum absolute atomic E-state index is 14.4. The van der Waals surface area contributed by atoms with Crippen LogP contribution in [0.3, 0.4) is 0 Å². The molecular formula is C56H89N11O22. The van der Waals surface area contributed by atoms with Crippen LogP contribution in [0.15, 0.2) is 24.3 Å². The molecule has 0 aliphatic carbocycles. The predicted octanol–water partition coefficient (Wildman–Crippen LogP) is -8.09. The molecule has 500 valence electrons. The largest absolute Gasteiger partial charge is 0.508 e. The molecule has 1 aromatic carbocycles. The van der Waals surface area contributed by atoms with Crippen molar-refractivity contribution in [1.82, 2.24) is 47.9 Å². The highest BCUT2D eigenvalue weighted by Gasteiger charge is 2.43. The van der Waals surface area contributed by atoms with E-state index in [9.17, 15) is 99.0 Å². The van der Waals surface area contributed by atoms with Crippen molar-refractivity contribution in [3.8, 4) is 18.1 Å². The number of rotatable bonds is 28. The second-order valence-corrected chi connectivity index (χ2v) is 21.6. The number of phenols is 1. The zero-order valence-corrected chi connectivity index (χ0v) is 49.5. The van der Waals surface area contributed by atoms with Crippen LogP contribution in [0.5, 0.6) is 5.75 Å². The number of ether oxygens (including phenoxy) is 2. The number of hydrogen-bond acceptors (Lipinski definition) is 23. The number of aliphatic hydroxyl groups is 9. The molecule has 16 atom stereocenters. The van der Waals surface area contributed by atoms with Crippen LogP contribution in [0.1, 0.15) is 115 Å². The van der Waals surface area contributed by atoms with E-state index >= 15 is 0 Å². The molecule has 0 aromatic heterocycles. The van der Waals surface area contributed by atoms with Crippen LogP contribution in [-0.2, 0) is 57.4 Å². The van der Waals surface area contributed by atoms with Gasteiger partial charge in [0, 0.05) is 25.4 Å². The summed E-state index contributed by atoms with van der Waals surface area (Å²) in [5.41, 5.74) is 11.0. The van der Waals surface area contributed by atoms with Crippen molar-refractivity contribution in [2.45, 2.75) is 201 Å². The lowest BCUT2D eigenvalue weighted by molar-refractivity contribution is -0.293. The maximum atomic E-state index is 14.4. The van der Waals surface area contributed by atoms with Gasteiger partial charge in [-0.1, -0.05) is 76.8 Å². The Hall–Kier alpha value is -7.20. The Morgan fingerprint density at radius 3 is 1.88 bits per heavy atom. The fourth-order valence-electron chi connectivity index (χ4n) is 9.43. The van der Waals surface area contributed by atoms with Crippen molar-refractivity contribution in [3.05, 3.63) is 29.8 Å². The first-order valence-electron chi connectivity index (χ1n) is 29.4. The van der Waals surface area contributed by atoms with Crippen LogP contribution >= 0.6 is 0 Å². The lowest BCUT2D eigenvalue weighted by Crippen LogP contribution is -2.63. The summed E-state index contributed by atoms with van der Waals surface area (Å²) in [5.74, 6) is -11.3. The monoisotopic (exact) mass is 1270 g/mol. The maximum Gasteiger partial charge on any atom is 0.248 e. The van der Waals surface area contributed by atoms with E-state index in [0.717, 1.165) is 69.2 Å². The smallest absolute Gasteiger partial charge is 0.248 e. The highest BCUT2D eigenvalue weighted by Crippen LogP contribution is 2.25. The molecule has 10 amide bonds. The van der Waals surface area contributed by atoms with Gasteiger partial charge in [0.2, 0.25) is 59.1 Å². The number of phenolic OH excluding ortho intramolecular Hbond substituents is 1. The van der Waals surface area contributed by atoms with E-state index in [0.29, 0.717) is 12.8 Å². The molecule has 2 heterocycles. The Morgan fingerprint density at radius 1 is 0.719 bits per heavy atom. The number of nitrogens with one attached hydrogen (secondary N) is 9. The topological polar surface area (TPSA) is 552 Å². The summed E-state index contributed by atoms with van der Waals surface area (Å²) >= 11 is 0. The zero-order valence-electron chi connectivity index (χ0n) is 49.5. The number of hydrogen-bond donors (Lipinski definition) is 21. The van der Waals surface area contributed by atoms with E-state index in [1.807, 2.05) is 5.32 Å². The summed E-state index contributed by atoms with van der Waals surface area (Å²) < 4.78 is 11.4. The van der Waals surface area contributed by atoms with Crippen molar-refractivity contribution >= 4 is 59.1 Å². The first-order valence-corrected chi connectivity index (χ1v) is 29.4. The minimum atomic E-state index is -2.67. The molecule has 1 aromatic rings. The molecule has 2 saturated heterocycles.